The van der Waals surface area contributed by atoms with E-state index in [1.54, 1.807) is 0 Å². The summed E-state index contributed by atoms with van der Waals surface area (Å²) in [5.41, 5.74) is 0. The second kappa shape index (κ2) is 8.38. The predicted molar refractivity (Wildman–Crippen MR) is 95.6 cm³/mol. The summed E-state index contributed by atoms with van der Waals surface area (Å²) in [6, 6.07) is 2.59. The van der Waals surface area contributed by atoms with Crippen molar-refractivity contribution in [3.05, 3.63) is 0 Å². The van der Waals surface area contributed by atoms with Crippen LogP contribution < -0.4 is 0 Å². The molecule has 0 aliphatic heterocycles. The first kappa shape index (κ1) is 20.7. The van der Waals surface area contributed by atoms with Gasteiger partial charge in [0.15, 0.2) is 0 Å². The molecule has 0 aromatic carbocycles. The van der Waals surface area contributed by atoms with E-state index in [0.29, 0.717) is 24.2 Å². The summed E-state index contributed by atoms with van der Waals surface area (Å²) >= 11 is -2.62. The van der Waals surface area contributed by atoms with Crippen molar-refractivity contribution in [2.24, 2.45) is 0 Å². The van der Waals surface area contributed by atoms with Crippen LogP contribution in [0.5, 0.6) is 0 Å². The zero-order chi connectivity index (χ0) is 16.2. The summed E-state index contributed by atoms with van der Waals surface area (Å²) in [5, 5.41) is 0. The van der Waals surface area contributed by atoms with Gasteiger partial charge in [-0.25, -0.2) is 0 Å². The van der Waals surface area contributed by atoms with Crippen LogP contribution in [0.4, 0.5) is 0 Å². The van der Waals surface area contributed by atoms with Crippen molar-refractivity contribution in [3.63, 3.8) is 0 Å². The summed E-state index contributed by atoms with van der Waals surface area (Å²) in [5.74, 6) is 0. The van der Waals surface area contributed by atoms with E-state index in [9.17, 15) is 0 Å². The molecule has 0 aliphatic carbocycles. The molecule has 3 heteroatoms. The van der Waals surface area contributed by atoms with Crippen LogP contribution in [0.1, 0.15) is 76.2 Å². The molecule has 0 bridgehead atoms. The van der Waals surface area contributed by atoms with Crippen LogP contribution in [0.15, 0.2) is 0 Å². The van der Waals surface area contributed by atoms with Gasteiger partial charge in [-0.2, -0.15) is 0 Å². The first-order chi connectivity index (χ1) is 9.03. The fourth-order valence-corrected chi connectivity index (χ4v) is 23.3. The molecule has 20 heavy (non-hydrogen) atoms. The Hall–Kier alpha value is 0.719. The Kier molecular flexibility index (Phi) is 8.68. The van der Waals surface area contributed by atoms with Gasteiger partial charge in [-0.3, -0.25) is 0 Å². The van der Waals surface area contributed by atoms with Crippen molar-refractivity contribution in [1.82, 2.24) is 6.24 Å². The zero-order valence-electron chi connectivity index (χ0n) is 16.0. The van der Waals surface area contributed by atoms with Crippen molar-refractivity contribution in [1.29, 1.82) is 0 Å². The monoisotopic (exact) mass is 392 g/mol. The van der Waals surface area contributed by atoms with Crippen LogP contribution in [-0.2, 0) is 0 Å². The average Bonchev–Trinajstić information content (AvgIpc) is 2.24. The van der Waals surface area contributed by atoms with Crippen LogP contribution >= 0.6 is 0 Å². The van der Waals surface area contributed by atoms with E-state index >= 15 is 0 Å². The van der Waals surface area contributed by atoms with E-state index in [1.165, 1.54) is 4.44 Å². The Labute approximate surface area is 133 Å². The van der Waals surface area contributed by atoms with Crippen LogP contribution in [0.25, 0.3) is 0 Å². The molecule has 0 saturated heterocycles. The molecule has 0 heterocycles. The number of nitrogens with zero attached hydrogens (tertiary/aromatic N) is 2. The molecule has 0 rings (SSSR count). The predicted octanol–water partition coefficient (Wildman–Crippen LogP) is 5.10. The van der Waals surface area contributed by atoms with Gasteiger partial charge in [-0.15, -0.1) is 0 Å². The number of rotatable bonds is 8. The van der Waals surface area contributed by atoms with E-state index in [2.05, 4.69) is 82.4 Å². The Morgan fingerprint density at radius 2 is 0.850 bits per heavy atom. The molecule has 0 radical (unpaired) electrons. The maximum atomic E-state index is 2.94. The first-order valence-corrected chi connectivity index (χ1v) is 14.8. The molecular weight excluding hydrogens is 351 g/mol. The van der Waals surface area contributed by atoms with Crippen LogP contribution in [0.2, 0.25) is 8.37 Å². The van der Waals surface area contributed by atoms with Gasteiger partial charge in [0.1, 0.15) is 0 Å². The van der Waals surface area contributed by atoms with Crippen LogP contribution in [0, 0.1) is 0 Å². The normalized spacial score (nSPS) is 14.1. The van der Waals surface area contributed by atoms with Crippen LogP contribution in [0.3, 0.4) is 0 Å². The minimum absolute atomic E-state index is 0.646. The minimum atomic E-state index is -2.62. The van der Waals surface area contributed by atoms with E-state index in [0.717, 1.165) is 3.93 Å². The van der Waals surface area contributed by atoms with E-state index in [4.69, 9.17) is 0 Å². The van der Waals surface area contributed by atoms with E-state index in [1.807, 2.05) is 0 Å². The third-order valence-corrected chi connectivity index (χ3v) is 23.8. The van der Waals surface area contributed by atoms with Gasteiger partial charge in [-0.1, -0.05) is 0 Å². The molecule has 122 valence electrons. The first-order valence-electron chi connectivity index (χ1n) is 8.60. The van der Waals surface area contributed by atoms with E-state index in [-0.39, 0.29) is 0 Å². The molecule has 0 aromatic heterocycles. The van der Waals surface area contributed by atoms with E-state index < -0.39 is 18.9 Å². The molecule has 0 spiro atoms. The fraction of sp³-hybridized carbons (Fsp3) is 1.00. The van der Waals surface area contributed by atoms with Crippen molar-refractivity contribution in [3.8, 4) is 0 Å². The molecular formula is C17H40N2Sn. The fourth-order valence-electron chi connectivity index (χ4n) is 4.48. The summed E-state index contributed by atoms with van der Waals surface area (Å²) in [4.78, 5) is 0. The van der Waals surface area contributed by atoms with Crippen LogP contribution in [-0.4, -0.2) is 49.3 Å². The Balaban J connectivity index is 6.05. The maximum absolute atomic E-state index is 2.94. The van der Waals surface area contributed by atoms with Crippen molar-refractivity contribution < 1.29 is 0 Å². The molecule has 0 saturated carbocycles. The van der Waals surface area contributed by atoms with Gasteiger partial charge in [0.05, 0.1) is 0 Å². The molecule has 2 nitrogen and oxygen atoms in total. The average molecular weight is 391 g/mol. The van der Waals surface area contributed by atoms with Gasteiger partial charge in [-0.05, 0) is 0 Å². The molecule has 0 amide bonds. The topological polar surface area (TPSA) is 6.48 Å². The van der Waals surface area contributed by atoms with Crippen molar-refractivity contribution >= 4 is 18.9 Å². The second-order valence-corrected chi connectivity index (χ2v) is 20.9. The summed E-state index contributed by atoms with van der Waals surface area (Å²) in [7, 11) is 0. The standard InChI is InChI=1S/2C6H14N.C3H7.C2H5.Sn/c2*1-5(2)7-6(3)4;1-3-2;1-2;/h2*5-6H,1-4H3;3H,1-2H3;1H2,2H3;/q2*-1;;;+2. The Morgan fingerprint density at radius 3 is 0.950 bits per heavy atom. The Bertz CT molecular complexity index is 236. The SMILES string of the molecule is C[CH2][Sn]([CH](C)C)([N](C(C)C)C(C)C)[N](C(C)C)C(C)C. The summed E-state index contributed by atoms with van der Waals surface area (Å²) in [6.07, 6.45) is 0. The van der Waals surface area contributed by atoms with Crippen molar-refractivity contribution in [2.45, 2.75) is 109 Å². The summed E-state index contributed by atoms with van der Waals surface area (Å²) < 4.78 is 8.07. The van der Waals surface area contributed by atoms with Gasteiger partial charge in [0, 0.05) is 0 Å². The second-order valence-electron chi connectivity index (χ2n) is 7.58. The van der Waals surface area contributed by atoms with Gasteiger partial charge in [0.25, 0.3) is 0 Å². The number of hydrogen-bond donors (Lipinski definition) is 0. The van der Waals surface area contributed by atoms with Gasteiger partial charge >= 0.3 is 134 Å². The van der Waals surface area contributed by atoms with Gasteiger partial charge < -0.3 is 0 Å². The summed E-state index contributed by atoms with van der Waals surface area (Å²) in [6.45, 7) is 26.5. The Morgan fingerprint density at radius 1 is 0.600 bits per heavy atom. The molecule has 0 unspecified atom stereocenters. The molecule has 0 aromatic rings. The van der Waals surface area contributed by atoms with Crippen molar-refractivity contribution in [2.75, 3.05) is 0 Å². The molecule has 0 atom stereocenters. The van der Waals surface area contributed by atoms with Gasteiger partial charge in [0.2, 0.25) is 0 Å². The molecule has 0 aliphatic rings. The zero-order valence-corrected chi connectivity index (χ0v) is 18.8. The molecule has 0 fully saturated rings. The molecule has 0 N–H and O–H groups in total. The third-order valence-electron chi connectivity index (χ3n) is 4.56. The third kappa shape index (κ3) is 4.13. The quantitative estimate of drug-likeness (QED) is 0.532. The number of hydrogen-bond acceptors (Lipinski definition) is 2.